The highest BCUT2D eigenvalue weighted by molar-refractivity contribution is 6.04. The van der Waals surface area contributed by atoms with E-state index in [1.807, 2.05) is 0 Å². The Hall–Kier alpha value is -3.29. The van der Waals surface area contributed by atoms with Crippen molar-refractivity contribution in [2.24, 2.45) is 0 Å². The molecular weight excluding hydrogens is 290 g/mol. The summed E-state index contributed by atoms with van der Waals surface area (Å²) in [5.74, 6) is -0.531. The quantitative estimate of drug-likeness (QED) is 0.688. The highest BCUT2D eigenvalue weighted by atomic mass is 16.6. The standard InChI is InChI=1S/C14H11N3O5/c1-9-7-11(5-6-13(9)17(21)22)15-14(18)10-3-2-4-12(8-10)16(19)20/h2-8H,1H3,(H,15,18). The fourth-order valence-corrected chi connectivity index (χ4v) is 1.90. The van der Waals surface area contributed by atoms with E-state index in [1.165, 1.54) is 36.4 Å². The Bertz CT molecular complexity index is 773. The van der Waals surface area contributed by atoms with E-state index in [0.29, 0.717) is 11.3 Å². The summed E-state index contributed by atoms with van der Waals surface area (Å²) in [6, 6.07) is 9.46. The van der Waals surface area contributed by atoms with E-state index in [4.69, 9.17) is 0 Å². The molecule has 0 atom stereocenters. The Labute approximate surface area is 124 Å². The van der Waals surface area contributed by atoms with Crippen LogP contribution in [-0.4, -0.2) is 15.8 Å². The summed E-state index contributed by atoms with van der Waals surface area (Å²) in [6.45, 7) is 1.56. The van der Waals surface area contributed by atoms with Gasteiger partial charge >= 0.3 is 0 Å². The molecule has 0 heterocycles. The van der Waals surface area contributed by atoms with Gasteiger partial charge in [-0.1, -0.05) is 6.07 Å². The Kier molecular flexibility index (Phi) is 4.12. The first kappa shape index (κ1) is 15.1. The summed E-state index contributed by atoms with van der Waals surface area (Å²) in [5.41, 5.74) is 0.674. The maximum Gasteiger partial charge on any atom is 0.272 e. The predicted molar refractivity (Wildman–Crippen MR) is 78.9 cm³/mol. The fraction of sp³-hybridized carbons (Fsp3) is 0.0714. The van der Waals surface area contributed by atoms with Gasteiger partial charge in [0.05, 0.1) is 9.85 Å². The molecule has 0 aromatic heterocycles. The van der Waals surface area contributed by atoms with E-state index in [2.05, 4.69) is 5.32 Å². The number of anilines is 1. The van der Waals surface area contributed by atoms with Gasteiger partial charge in [-0.2, -0.15) is 0 Å². The van der Waals surface area contributed by atoms with Crippen LogP contribution in [0.1, 0.15) is 15.9 Å². The number of nitrogens with zero attached hydrogens (tertiary/aromatic N) is 2. The van der Waals surface area contributed by atoms with Gasteiger partial charge in [0.1, 0.15) is 0 Å². The molecule has 0 aliphatic heterocycles. The van der Waals surface area contributed by atoms with E-state index in [0.717, 1.165) is 6.07 Å². The van der Waals surface area contributed by atoms with Crippen LogP contribution >= 0.6 is 0 Å². The van der Waals surface area contributed by atoms with Crippen molar-refractivity contribution in [2.75, 3.05) is 5.32 Å². The van der Waals surface area contributed by atoms with Crippen molar-refractivity contribution in [1.82, 2.24) is 0 Å². The summed E-state index contributed by atoms with van der Waals surface area (Å²) < 4.78 is 0. The number of nitro groups is 2. The lowest BCUT2D eigenvalue weighted by Gasteiger charge is -2.06. The minimum absolute atomic E-state index is 0.0478. The van der Waals surface area contributed by atoms with E-state index < -0.39 is 15.8 Å². The maximum atomic E-state index is 12.1. The molecular formula is C14H11N3O5. The predicted octanol–water partition coefficient (Wildman–Crippen LogP) is 3.06. The van der Waals surface area contributed by atoms with E-state index in [-0.39, 0.29) is 16.9 Å². The molecule has 8 heteroatoms. The van der Waals surface area contributed by atoms with Gasteiger partial charge in [0.2, 0.25) is 0 Å². The number of rotatable bonds is 4. The third-order valence-corrected chi connectivity index (χ3v) is 2.97. The number of amides is 1. The first-order chi connectivity index (χ1) is 10.4. The van der Waals surface area contributed by atoms with Crippen LogP contribution in [0.5, 0.6) is 0 Å². The van der Waals surface area contributed by atoms with Gasteiger partial charge in [0.15, 0.2) is 0 Å². The molecule has 112 valence electrons. The van der Waals surface area contributed by atoms with E-state index in [1.54, 1.807) is 6.92 Å². The lowest BCUT2D eigenvalue weighted by molar-refractivity contribution is -0.385. The number of hydrogen-bond acceptors (Lipinski definition) is 5. The lowest BCUT2D eigenvalue weighted by Crippen LogP contribution is -2.12. The summed E-state index contributed by atoms with van der Waals surface area (Å²) in [4.78, 5) is 32.4. The fourth-order valence-electron chi connectivity index (χ4n) is 1.90. The molecule has 1 N–H and O–H groups in total. The van der Waals surface area contributed by atoms with Crippen molar-refractivity contribution >= 4 is 23.0 Å². The molecule has 1 amide bonds. The largest absolute Gasteiger partial charge is 0.322 e. The van der Waals surface area contributed by atoms with Crippen molar-refractivity contribution in [1.29, 1.82) is 0 Å². The first-order valence-electron chi connectivity index (χ1n) is 6.19. The zero-order valence-electron chi connectivity index (χ0n) is 11.5. The van der Waals surface area contributed by atoms with Gasteiger partial charge in [-0.15, -0.1) is 0 Å². The highest BCUT2D eigenvalue weighted by Crippen LogP contribution is 2.22. The van der Waals surface area contributed by atoms with Crippen molar-refractivity contribution < 1.29 is 14.6 Å². The van der Waals surface area contributed by atoms with Crippen LogP contribution in [0.4, 0.5) is 17.1 Å². The van der Waals surface area contributed by atoms with Crippen LogP contribution in [0.2, 0.25) is 0 Å². The summed E-state index contributed by atoms with van der Waals surface area (Å²) in [5, 5.41) is 24.0. The van der Waals surface area contributed by atoms with Gasteiger partial charge in [-0.25, -0.2) is 0 Å². The Morgan fingerprint density at radius 2 is 1.77 bits per heavy atom. The zero-order chi connectivity index (χ0) is 16.3. The van der Waals surface area contributed by atoms with Crippen molar-refractivity contribution in [2.45, 2.75) is 6.92 Å². The van der Waals surface area contributed by atoms with E-state index >= 15 is 0 Å². The highest BCUT2D eigenvalue weighted by Gasteiger charge is 2.14. The number of nitro benzene ring substituents is 2. The number of benzene rings is 2. The average Bonchev–Trinajstić information content (AvgIpc) is 2.47. The van der Waals surface area contributed by atoms with Gasteiger partial charge in [-0.3, -0.25) is 25.0 Å². The molecule has 0 aliphatic carbocycles. The number of aryl methyl sites for hydroxylation is 1. The zero-order valence-corrected chi connectivity index (χ0v) is 11.5. The molecule has 0 spiro atoms. The van der Waals surface area contributed by atoms with Gasteiger partial charge in [-0.05, 0) is 25.1 Å². The van der Waals surface area contributed by atoms with Crippen LogP contribution in [0, 0.1) is 27.2 Å². The smallest absolute Gasteiger partial charge is 0.272 e. The number of non-ortho nitro benzene ring substituents is 1. The van der Waals surface area contributed by atoms with Gasteiger partial charge < -0.3 is 5.32 Å². The summed E-state index contributed by atoms with van der Waals surface area (Å²) in [6.07, 6.45) is 0. The summed E-state index contributed by atoms with van der Waals surface area (Å²) >= 11 is 0. The molecule has 0 aliphatic rings. The molecule has 2 aromatic rings. The van der Waals surface area contributed by atoms with Crippen molar-refractivity contribution in [3.8, 4) is 0 Å². The maximum absolute atomic E-state index is 12.1. The number of carbonyl (C=O) groups is 1. The van der Waals surface area contributed by atoms with Gasteiger partial charge in [0.25, 0.3) is 17.3 Å². The molecule has 22 heavy (non-hydrogen) atoms. The third-order valence-electron chi connectivity index (χ3n) is 2.97. The number of hydrogen-bond donors (Lipinski definition) is 1. The number of nitrogens with one attached hydrogen (secondary N) is 1. The minimum Gasteiger partial charge on any atom is -0.322 e. The number of carbonyl (C=O) groups excluding carboxylic acids is 1. The molecule has 0 radical (unpaired) electrons. The SMILES string of the molecule is Cc1cc(NC(=O)c2cccc([N+](=O)[O-])c2)ccc1[N+](=O)[O-]. The van der Waals surface area contributed by atoms with Crippen LogP contribution in [0.3, 0.4) is 0 Å². The molecule has 0 fully saturated rings. The van der Waals surface area contributed by atoms with Crippen molar-refractivity contribution in [3.05, 3.63) is 73.8 Å². The second-order valence-electron chi connectivity index (χ2n) is 4.52. The molecule has 2 rings (SSSR count). The molecule has 0 saturated carbocycles. The topological polar surface area (TPSA) is 115 Å². The molecule has 2 aromatic carbocycles. The monoisotopic (exact) mass is 301 g/mol. The van der Waals surface area contributed by atoms with E-state index in [9.17, 15) is 25.0 Å². The van der Waals surface area contributed by atoms with Crippen LogP contribution in [0.25, 0.3) is 0 Å². The third kappa shape index (κ3) is 3.23. The first-order valence-corrected chi connectivity index (χ1v) is 6.19. The molecule has 0 bridgehead atoms. The minimum atomic E-state index is -0.590. The second-order valence-corrected chi connectivity index (χ2v) is 4.52. The van der Waals surface area contributed by atoms with Crippen LogP contribution in [-0.2, 0) is 0 Å². The van der Waals surface area contributed by atoms with Gasteiger partial charge in [0, 0.05) is 35.0 Å². The Morgan fingerprint density at radius 3 is 2.36 bits per heavy atom. The Balaban J connectivity index is 2.22. The van der Waals surface area contributed by atoms with Crippen LogP contribution < -0.4 is 5.32 Å². The second kappa shape index (κ2) is 6.00. The molecule has 0 unspecified atom stereocenters. The lowest BCUT2D eigenvalue weighted by atomic mass is 10.1. The summed E-state index contributed by atoms with van der Waals surface area (Å²) in [7, 11) is 0. The molecule has 0 saturated heterocycles. The van der Waals surface area contributed by atoms with Crippen LogP contribution in [0.15, 0.2) is 42.5 Å². The average molecular weight is 301 g/mol. The normalized spacial score (nSPS) is 10.0. The molecule has 8 nitrogen and oxygen atoms in total. The van der Waals surface area contributed by atoms with Crippen molar-refractivity contribution in [3.63, 3.8) is 0 Å². The Morgan fingerprint density at radius 1 is 1.05 bits per heavy atom.